The van der Waals surface area contributed by atoms with Crippen LogP contribution in [0.1, 0.15) is 34.6 Å². The molecule has 0 saturated carbocycles. The van der Waals surface area contributed by atoms with E-state index in [9.17, 15) is 26.4 Å². The summed E-state index contributed by atoms with van der Waals surface area (Å²) in [5.74, 6) is -0.783. The van der Waals surface area contributed by atoms with Crippen molar-refractivity contribution >= 4 is 44.5 Å². The number of halogens is 4. The van der Waals surface area contributed by atoms with Gasteiger partial charge in [-0.1, -0.05) is 11.6 Å². The first-order chi connectivity index (χ1) is 15.5. The highest BCUT2D eigenvalue weighted by atomic mass is 35.5. The smallest absolute Gasteiger partial charge is 0.444 e. The molecule has 2 aromatic heterocycles. The SMILES string of the molecule is C[C@H]1CN(c2cnc3nc(OS(=O)(=O)C(F)(F)F)ccc3c2Cl)C[C@H](C)N1C(=O)OC(C)(C)C. The molecule has 14 heteroatoms. The fourth-order valence-corrected chi connectivity index (χ4v) is 4.37. The van der Waals surface area contributed by atoms with Gasteiger partial charge in [-0.25, -0.2) is 9.78 Å². The third-order valence-corrected chi connectivity index (χ3v) is 6.32. The number of hydrogen-bond donors (Lipinski definition) is 0. The Morgan fingerprint density at radius 1 is 1.15 bits per heavy atom. The molecule has 3 rings (SSSR count). The average Bonchev–Trinajstić information content (AvgIpc) is 2.65. The Kier molecular flexibility index (Phi) is 6.83. The molecule has 9 nitrogen and oxygen atoms in total. The lowest BCUT2D eigenvalue weighted by Gasteiger charge is -2.45. The lowest BCUT2D eigenvalue weighted by atomic mass is 10.1. The van der Waals surface area contributed by atoms with Gasteiger partial charge in [0.25, 0.3) is 0 Å². The van der Waals surface area contributed by atoms with E-state index in [1.807, 2.05) is 18.7 Å². The summed E-state index contributed by atoms with van der Waals surface area (Å²) in [5, 5.41) is 0.527. The van der Waals surface area contributed by atoms with E-state index in [0.29, 0.717) is 24.2 Å². The van der Waals surface area contributed by atoms with Crippen molar-refractivity contribution in [3.8, 4) is 5.88 Å². The molecule has 1 amide bonds. The monoisotopic (exact) mass is 524 g/mol. The van der Waals surface area contributed by atoms with Gasteiger partial charge in [-0.05, 0) is 40.7 Å². The van der Waals surface area contributed by atoms with E-state index in [2.05, 4.69) is 14.2 Å². The van der Waals surface area contributed by atoms with Crippen molar-refractivity contribution in [2.75, 3.05) is 18.0 Å². The standard InChI is InChI=1S/C20H24ClF3N4O5S/c1-11-9-27(10-12(2)28(11)18(29)32-19(3,4)5)14-8-25-17-13(16(14)21)6-7-15(26-17)33-34(30,31)20(22,23)24/h6-8,11-12H,9-10H2,1-5H3/t11-,12-/m0/s1. The first kappa shape index (κ1) is 26.1. The number of hydrogen-bond acceptors (Lipinski definition) is 8. The first-order valence-electron chi connectivity index (χ1n) is 10.2. The molecule has 0 unspecified atom stereocenters. The zero-order valence-electron chi connectivity index (χ0n) is 19.1. The average molecular weight is 525 g/mol. The van der Waals surface area contributed by atoms with E-state index >= 15 is 0 Å². The lowest BCUT2D eigenvalue weighted by Crippen LogP contribution is -2.59. The van der Waals surface area contributed by atoms with Crippen LogP contribution >= 0.6 is 11.6 Å². The van der Waals surface area contributed by atoms with Gasteiger partial charge in [0.15, 0.2) is 5.65 Å². The number of amides is 1. The molecule has 188 valence electrons. The zero-order valence-corrected chi connectivity index (χ0v) is 20.6. The number of alkyl halides is 3. The van der Waals surface area contributed by atoms with E-state index in [0.717, 1.165) is 6.07 Å². The number of fused-ring (bicyclic) bond motifs is 1. The number of ether oxygens (including phenoxy) is 1. The summed E-state index contributed by atoms with van der Waals surface area (Å²) in [6.45, 7) is 9.98. The van der Waals surface area contributed by atoms with Crippen LogP contribution in [0.15, 0.2) is 18.3 Å². The highest BCUT2D eigenvalue weighted by molar-refractivity contribution is 7.87. The van der Waals surface area contributed by atoms with Crippen molar-refractivity contribution in [2.24, 2.45) is 0 Å². The maximum absolute atomic E-state index is 12.6. The van der Waals surface area contributed by atoms with Crippen LogP contribution in [0.3, 0.4) is 0 Å². The maximum atomic E-state index is 12.6. The Hall–Kier alpha value is -2.54. The Morgan fingerprint density at radius 2 is 1.74 bits per heavy atom. The summed E-state index contributed by atoms with van der Waals surface area (Å²) in [4.78, 5) is 24.1. The molecule has 1 aliphatic rings. The van der Waals surface area contributed by atoms with Crippen LogP contribution in [0.5, 0.6) is 5.88 Å². The van der Waals surface area contributed by atoms with Crippen molar-refractivity contribution in [3.05, 3.63) is 23.4 Å². The summed E-state index contributed by atoms with van der Waals surface area (Å²) in [7, 11) is -5.86. The molecule has 0 N–H and O–H groups in total. The lowest BCUT2D eigenvalue weighted by molar-refractivity contribution is -0.0501. The van der Waals surface area contributed by atoms with Gasteiger partial charge in [-0.2, -0.15) is 26.6 Å². The van der Waals surface area contributed by atoms with Gasteiger partial charge < -0.3 is 13.8 Å². The van der Waals surface area contributed by atoms with Gasteiger partial charge in [-0.15, -0.1) is 0 Å². The van der Waals surface area contributed by atoms with E-state index in [1.165, 1.54) is 12.3 Å². The molecule has 0 spiro atoms. The Bertz CT molecular complexity index is 1190. The van der Waals surface area contributed by atoms with Crippen molar-refractivity contribution in [3.63, 3.8) is 0 Å². The Balaban J connectivity index is 1.85. The number of nitrogens with zero attached hydrogens (tertiary/aromatic N) is 4. The molecule has 0 bridgehead atoms. The van der Waals surface area contributed by atoms with E-state index in [1.54, 1.807) is 25.7 Å². The fourth-order valence-electron chi connectivity index (χ4n) is 3.64. The predicted molar refractivity (Wildman–Crippen MR) is 119 cm³/mol. The van der Waals surface area contributed by atoms with Crippen LogP contribution in [-0.4, -0.2) is 65.7 Å². The van der Waals surface area contributed by atoms with E-state index < -0.39 is 33.2 Å². The van der Waals surface area contributed by atoms with Crippen LogP contribution in [0.25, 0.3) is 11.0 Å². The molecule has 2 aromatic rings. The van der Waals surface area contributed by atoms with Gasteiger partial charge in [-0.3, -0.25) is 4.90 Å². The summed E-state index contributed by atoms with van der Waals surface area (Å²) in [5.41, 5.74) is -5.77. The third kappa shape index (κ3) is 5.40. The molecule has 1 fully saturated rings. The fraction of sp³-hybridized carbons (Fsp3) is 0.550. The van der Waals surface area contributed by atoms with Crippen molar-refractivity contribution in [2.45, 2.75) is 57.8 Å². The molecule has 34 heavy (non-hydrogen) atoms. The summed E-state index contributed by atoms with van der Waals surface area (Å²) in [6, 6.07) is 1.82. The highest BCUT2D eigenvalue weighted by Crippen LogP contribution is 2.35. The third-order valence-electron chi connectivity index (χ3n) is 4.96. The number of carbonyl (C=O) groups excluding carboxylic acids is 1. The van der Waals surface area contributed by atoms with Gasteiger partial charge in [0, 0.05) is 24.5 Å². The van der Waals surface area contributed by atoms with Crippen molar-refractivity contribution in [1.29, 1.82) is 0 Å². The van der Waals surface area contributed by atoms with Gasteiger partial charge in [0.1, 0.15) is 5.60 Å². The zero-order chi connectivity index (χ0) is 25.6. The highest BCUT2D eigenvalue weighted by Gasteiger charge is 2.49. The molecule has 0 radical (unpaired) electrons. The predicted octanol–water partition coefficient (Wildman–Crippen LogP) is 4.35. The van der Waals surface area contributed by atoms with Crippen LogP contribution in [-0.2, 0) is 14.9 Å². The van der Waals surface area contributed by atoms with E-state index in [4.69, 9.17) is 16.3 Å². The van der Waals surface area contributed by atoms with Crippen molar-refractivity contribution < 1.29 is 35.3 Å². The Labute approximate surface area is 199 Å². The summed E-state index contributed by atoms with van der Waals surface area (Å²) in [6.07, 6.45) is 0.975. The number of rotatable bonds is 3. The van der Waals surface area contributed by atoms with Crippen LogP contribution in [0, 0.1) is 0 Å². The molecule has 0 aromatic carbocycles. The van der Waals surface area contributed by atoms with Crippen LogP contribution < -0.4 is 9.08 Å². The molecule has 2 atom stereocenters. The number of anilines is 1. The first-order valence-corrected chi connectivity index (χ1v) is 12.0. The van der Waals surface area contributed by atoms with Gasteiger partial charge >= 0.3 is 21.7 Å². The summed E-state index contributed by atoms with van der Waals surface area (Å²) < 4.78 is 69.7. The normalized spacial score (nSPS) is 19.9. The van der Waals surface area contributed by atoms with Gasteiger partial charge in [0.2, 0.25) is 5.88 Å². The number of pyridine rings is 2. The number of carbonyl (C=O) groups is 1. The number of piperazine rings is 1. The minimum Gasteiger partial charge on any atom is -0.444 e. The molecular weight excluding hydrogens is 501 g/mol. The minimum atomic E-state index is -5.86. The molecule has 0 aliphatic carbocycles. The van der Waals surface area contributed by atoms with Crippen LogP contribution in [0.2, 0.25) is 5.02 Å². The van der Waals surface area contributed by atoms with Gasteiger partial charge in [0.05, 0.1) is 29.0 Å². The molecular formula is C20H24ClF3N4O5S. The topological polar surface area (TPSA) is 102 Å². The molecule has 1 saturated heterocycles. The largest absolute Gasteiger partial charge is 0.534 e. The molecule has 1 aliphatic heterocycles. The minimum absolute atomic E-state index is 0.0860. The quantitative estimate of drug-likeness (QED) is 0.431. The number of aromatic nitrogens is 2. The maximum Gasteiger partial charge on any atom is 0.534 e. The second-order valence-electron chi connectivity index (χ2n) is 8.95. The van der Waals surface area contributed by atoms with Crippen molar-refractivity contribution in [1.82, 2.24) is 14.9 Å². The Morgan fingerprint density at radius 3 is 2.26 bits per heavy atom. The molecule has 3 heterocycles. The van der Waals surface area contributed by atoms with E-state index in [-0.39, 0.29) is 22.8 Å². The summed E-state index contributed by atoms with van der Waals surface area (Å²) >= 11 is 6.55. The second-order valence-corrected chi connectivity index (χ2v) is 10.9. The second kappa shape index (κ2) is 8.91. The van der Waals surface area contributed by atoms with Crippen LogP contribution in [0.4, 0.5) is 23.7 Å².